The quantitative estimate of drug-likeness (QED) is 0.715. The van der Waals surface area contributed by atoms with Crippen LogP contribution in [0.1, 0.15) is 40.0 Å². The topological polar surface area (TPSA) is 41.6 Å². The normalized spacial score (nSPS) is 16.0. The number of hydrogen-bond donors (Lipinski definition) is 1. The molecule has 0 radical (unpaired) electrons. The summed E-state index contributed by atoms with van der Waals surface area (Å²) in [4.78, 5) is 15.7. The zero-order valence-corrected chi connectivity index (χ0v) is 16.1. The summed E-state index contributed by atoms with van der Waals surface area (Å²) in [5.41, 5.74) is -0.466. The largest absolute Gasteiger partial charge is 0.444 e. The molecule has 1 atom stereocenters. The molecule has 134 valence electrons. The van der Waals surface area contributed by atoms with E-state index in [1.165, 1.54) is 17.7 Å². The van der Waals surface area contributed by atoms with Crippen molar-refractivity contribution in [1.82, 2.24) is 10.2 Å². The maximum atomic E-state index is 12.1. The summed E-state index contributed by atoms with van der Waals surface area (Å²) < 4.78 is 5.41. The number of thioether (sulfide) groups is 1. The molecule has 1 aliphatic carbocycles. The highest BCUT2D eigenvalue weighted by Crippen LogP contribution is 2.26. The van der Waals surface area contributed by atoms with Crippen LogP contribution in [-0.2, 0) is 4.74 Å². The van der Waals surface area contributed by atoms with Crippen LogP contribution in [0.25, 0.3) is 0 Å². The van der Waals surface area contributed by atoms with E-state index < -0.39 is 5.60 Å². The standard InChI is InChI=1S/C19H30N2O2S/c1-19(2,3)23-18(22)20-15(12-13-21(4)16-10-11-16)14-24-17-8-6-5-7-9-17/h5-9,15-16H,10-14H2,1-4H3,(H,20,22)/t15-/m1/s1. The van der Waals surface area contributed by atoms with E-state index in [-0.39, 0.29) is 12.1 Å². The van der Waals surface area contributed by atoms with Gasteiger partial charge in [0.25, 0.3) is 0 Å². The number of amides is 1. The molecule has 1 fully saturated rings. The van der Waals surface area contributed by atoms with Gasteiger partial charge in [-0.15, -0.1) is 11.8 Å². The van der Waals surface area contributed by atoms with Crippen molar-refractivity contribution in [3.05, 3.63) is 30.3 Å². The zero-order chi connectivity index (χ0) is 17.6. The van der Waals surface area contributed by atoms with E-state index >= 15 is 0 Å². The van der Waals surface area contributed by atoms with Gasteiger partial charge in [-0.25, -0.2) is 4.79 Å². The first-order chi connectivity index (χ1) is 11.3. The van der Waals surface area contributed by atoms with Gasteiger partial charge in [0.05, 0.1) is 0 Å². The summed E-state index contributed by atoms with van der Waals surface area (Å²) in [5, 5.41) is 3.05. The van der Waals surface area contributed by atoms with Crippen LogP contribution in [0.5, 0.6) is 0 Å². The van der Waals surface area contributed by atoms with Gasteiger partial charge < -0.3 is 15.0 Å². The Labute approximate surface area is 150 Å². The van der Waals surface area contributed by atoms with Gasteiger partial charge in [-0.2, -0.15) is 0 Å². The fourth-order valence-electron chi connectivity index (χ4n) is 2.44. The minimum absolute atomic E-state index is 0.103. The Hall–Kier alpha value is -1.20. The van der Waals surface area contributed by atoms with E-state index in [2.05, 4.69) is 29.4 Å². The Morgan fingerprint density at radius 2 is 2.00 bits per heavy atom. The average molecular weight is 351 g/mol. The van der Waals surface area contributed by atoms with Gasteiger partial charge >= 0.3 is 6.09 Å². The third kappa shape index (κ3) is 7.58. The van der Waals surface area contributed by atoms with Crippen molar-refractivity contribution in [2.24, 2.45) is 0 Å². The molecule has 1 amide bonds. The Morgan fingerprint density at radius 1 is 1.33 bits per heavy atom. The van der Waals surface area contributed by atoms with E-state index in [0.717, 1.165) is 24.8 Å². The number of nitrogens with zero attached hydrogens (tertiary/aromatic N) is 1. The maximum Gasteiger partial charge on any atom is 0.407 e. The van der Waals surface area contributed by atoms with Crippen molar-refractivity contribution in [3.8, 4) is 0 Å². The molecule has 5 heteroatoms. The van der Waals surface area contributed by atoms with Crippen molar-refractivity contribution in [2.75, 3.05) is 19.3 Å². The second kappa shape index (κ2) is 8.77. The smallest absolute Gasteiger partial charge is 0.407 e. The molecule has 0 bridgehead atoms. The molecule has 24 heavy (non-hydrogen) atoms. The first-order valence-electron chi connectivity index (χ1n) is 8.71. The summed E-state index contributed by atoms with van der Waals surface area (Å²) in [7, 11) is 2.17. The molecule has 0 saturated heterocycles. The molecule has 2 rings (SSSR count). The third-order valence-electron chi connectivity index (χ3n) is 3.92. The number of carbonyl (C=O) groups is 1. The number of nitrogens with one attached hydrogen (secondary N) is 1. The van der Waals surface area contributed by atoms with Gasteiger partial charge in [0.2, 0.25) is 0 Å². The molecule has 1 aromatic rings. The van der Waals surface area contributed by atoms with E-state index in [1.807, 2.05) is 39.0 Å². The van der Waals surface area contributed by atoms with Crippen LogP contribution in [0.3, 0.4) is 0 Å². The molecular weight excluding hydrogens is 320 g/mol. The molecule has 0 heterocycles. The fourth-order valence-corrected chi connectivity index (χ4v) is 3.44. The van der Waals surface area contributed by atoms with Gasteiger partial charge in [-0.3, -0.25) is 0 Å². The van der Waals surface area contributed by atoms with Gasteiger partial charge in [0.15, 0.2) is 0 Å². The van der Waals surface area contributed by atoms with Gasteiger partial charge in [0, 0.05) is 29.3 Å². The molecule has 1 saturated carbocycles. The monoisotopic (exact) mass is 350 g/mol. The molecule has 0 spiro atoms. The highest BCUT2D eigenvalue weighted by Gasteiger charge is 2.27. The number of alkyl carbamates (subject to hydrolysis) is 1. The zero-order valence-electron chi connectivity index (χ0n) is 15.2. The second-order valence-electron chi connectivity index (χ2n) is 7.47. The first-order valence-corrected chi connectivity index (χ1v) is 9.69. The maximum absolute atomic E-state index is 12.1. The molecule has 1 aromatic carbocycles. The van der Waals surface area contributed by atoms with Crippen LogP contribution in [-0.4, -0.2) is 48.0 Å². The minimum atomic E-state index is -0.466. The lowest BCUT2D eigenvalue weighted by molar-refractivity contribution is 0.0505. The Balaban J connectivity index is 1.85. The highest BCUT2D eigenvalue weighted by molar-refractivity contribution is 7.99. The second-order valence-corrected chi connectivity index (χ2v) is 8.56. The van der Waals surface area contributed by atoms with Gasteiger partial charge in [-0.1, -0.05) is 18.2 Å². The molecule has 1 aliphatic rings. The number of benzene rings is 1. The molecule has 1 N–H and O–H groups in total. The highest BCUT2D eigenvalue weighted by atomic mass is 32.2. The van der Waals surface area contributed by atoms with Crippen LogP contribution in [0.15, 0.2) is 35.2 Å². The Morgan fingerprint density at radius 3 is 2.58 bits per heavy atom. The van der Waals surface area contributed by atoms with Crippen LogP contribution < -0.4 is 5.32 Å². The van der Waals surface area contributed by atoms with E-state index in [9.17, 15) is 4.79 Å². The molecule has 4 nitrogen and oxygen atoms in total. The predicted octanol–water partition coefficient (Wildman–Crippen LogP) is 4.16. The summed E-state index contributed by atoms with van der Waals surface area (Å²) in [6.07, 6.45) is 3.22. The Kier molecular flexibility index (Phi) is 6.99. The number of rotatable bonds is 8. The van der Waals surface area contributed by atoms with E-state index in [4.69, 9.17) is 4.74 Å². The van der Waals surface area contributed by atoms with Crippen LogP contribution in [0.2, 0.25) is 0 Å². The lowest BCUT2D eigenvalue weighted by Gasteiger charge is -2.25. The number of hydrogen-bond acceptors (Lipinski definition) is 4. The van der Waals surface area contributed by atoms with Crippen molar-refractivity contribution < 1.29 is 9.53 Å². The fraction of sp³-hybridized carbons (Fsp3) is 0.632. The molecule has 0 aromatic heterocycles. The van der Waals surface area contributed by atoms with Crippen LogP contribution in [0, 0.1) is 0 Å². The summed E-state index contributed by atoms with van der Waals surface area (Å²) in [6, 6.07) is 11.2. The number of carbonyl (C=O) groups excluding carboxylic acids is 1. The van der Waals surface area contributed by atoms with Crippen LogP contribution >= 0.6 is 11.8 Å². The van der Waals surface area contributed by atoms with Crippen molar-refractivity contribution in [3.63, 3.8) is 0 Å². The average Bonchev–Trinajstić information content (AvgIpc) is 3.33. The van der Waals surface area contributed by atoms with Gasteiger partial charge in [-0.05, 0) is 59.2 Å². The summed E-state index contributed by atoms with van der Waals surface area (Å²) in [5.74, 6) is 0.849. The van der Waals surface area contributed by atoms with Gasteiger partial charge in [0.1, 0.15) is 5.60 Å². The summed E-state index contributed by atoms with van der Waals surface area (Å²) in [6.45, 7) is 6.67. The van der Waals surface area contributed by atoms with Crippen molar-refractivity contribution in [1.29, 1.82) is 0 Å². The third-order valence-corrected chi connectivity index (χ3v) is 5.09. The van der Waals surface area contributed by atoms with Crippen molar-refractivity contribution in [2.45, 2.75) is 62.6 Å². The molecular formula is C19H30N2O2S. The lowest BCUT2D eigenvalue weighted by atomic mass is 10.2. The predicted molar refractivity (Wildman–Crippen MR) is 101 cm³/mol. The first kappa shape index (κ1) is 19.1. The number of ether oxygens (including phenoxy) is 1. The van der Waals surface area contributed by atoms with Crippen LogP contribution in [0.4, 0.5) is 4.79 Å². The van der Waals surface area contributed by atoms with Crippen molar-refractivity contribution >= 4 is 17.9 Å². The molecule has 0 aliphatic heterocycles. The summed E-state index contributed by atoms with van der Waals surface area (Å²) >= 11 is 1.78. The SMILES string of the molecule is CN(CC[C@H](CSc1ccccc1)NC(=O)OC(C)(C)C)C1CC1. The lowest BCUT2D eigenvalue weighted by Crippen LogP contribution is -2.42. The minimum Gasteiger partial charge on any atom is -0.444 e. The van der Waals surface area contributed by atoms with E-state index in [0.29, 0.717) is 0 Å². The molecule has 0 unspecified atom stereocenters. The Bertz CT molecular complexity index is 512. The van der Waals surface area contributed by atoms with E-state index in [1.54, 1.807) is 11.8 Å².